The van der Waals surface area contributed by atoms with Gasteiger partial charge in [0.15, 0.2) is 0 Å². The molecule has 0 atom stereocenters. The van der Waals surface area contributed by atoms with Crippen LogP contribution in [0.3, 0.4) is 0 Å². The third kappa shape index (κ3) is 2.26. The highest BCUT2D eigenvalue weighted by Gasteiger charge is 2.13. The molecule has 0 aliphatic carbocycles. The van der Waals surface area contributed by atoms with Crippen molar-refractivity contribution in [3.63, 3.8) is 0 Å². The molecular weight excluding hydrogens is 262 g/mol. The SMILES string of the molecule is Cc1cccc(NC(=O)c2cccc3[nH]ccc23)c1C#N. The van der Waals surface area contributed by atoms with E-state index in [9.17, 15) is 10.1 Å². The number of nitriles is 1. The zero-order valence-electron chi connectivity index (χ0n) is 11.5. The highest BCUT2D eigenvalue weighted by Crippen LogP contribution is 2.22. The van der Waals surface area contributed by atoms with E-state index in [0.717, 1.165) is 16.5 Å². The summed E-state index contributed by atoms with van der Waals surface area (Å²) in [6, 6.07) is 14.9. The molecule has 1 heterocycles. The quantitative estimate of drug-likeness (QED) is 0.750. The van der Waals surface area contributed by atoms with Crippen molar-refractivity contribution in [2.75, 3.05) is 5.32 Å². The van der Waals surface area contributed by atoms with Crippen molar-refractivity contribution in [3.05, 3.63) is 65.4 Å². The predicted molar refractivity (Wildman–Crippen MR) is 82.1 cm³/mol. The molecule has 0 saturated carbocycles. The van der Waals surface area contributed by atoms with Crippen LogP contribution < -0.4 is 5.32 Å². The lowest BCUT2D eigenvalue weighted by atomic mass is 10.1. The van der Waals surface area contributed by atoms with E-state index in [0.29, 0.717) is 16.8 Å². The van der Waals surface area contributed by atoms with Gasteiger partial charge in [0, 0.05) is 22.7 Å². The lowest BCUT2D eigenvalue weighted by molar-refractivity contribution is 0.102. The van der Waals surface area contributed by atoms with E-state index < -0.39 is 0 Å². The van der Waals surface area contributed by atoms with Gasteiger partial charge in [-0.1, -0.05) is 18.2 Å². The molecule has 2 N–H and O–H groups in total. The Bertz CT molecular complexity index is 871. The van der Waals surface area contributed by atoms with E-state index in [1.165, 1.54) is 0 Å². The molecular formula is C17H13N3O. The smallest absolute Gasteiger partial charge is 0.256 e. The molecule has 3 aromatic rings. The van der Waals surface area contributed by atoms with Gasteiger partial charge in [0.1, 0.15) is 6.07 Å². The largest absolute Gasteiger partial charge is 0.361 e. The molecule has 1 aromatic heterocycles. The number of amides is 1. The number of rotatable bonds is 2. The molecule has 0 aliphatic rings. The Morgan fingerprint density at radius 2 is 2.00 bits per heavy atom. The first-order valence-electron chi connectivity index (χ1n) is 6.58. The number of carbonyl (C=O) groups is 1. The van der Waals surface area contributed by atoms with Crippen LogP contribution >= 0.6 is 0 Å². The van der Waals surface area contributed by atoms with Gasteiger partial charge < -0.3 is 10.3 Å². The average molecular weight is 275 g/mol. The summed E-state index contributed by atoms with van der Waals surface area (Å²) in [5.74, 6) is -0.220. The first-order chi connectivity index (χ1) is 10.2. The number of hydrogen-bond acceptors (Lipinski definition) is 2. The van der Waals surface area contributed by atoms with Crippen molar-refractivity contribution < 1.29 is 4.79 Å². The lowest BCUT2D eigenvalue weighted by Gasteiger charge is -2.09. The molecule has 0 fully saturated rings. The molecule has 21 heavy (non-hydrogen) atoms. The molecule has 4 nitrogen and oxygen atoms in total. The van der Waals surface area contributed by atoms with Gasteiger partial charge in [-0.3, -0.25) is 4.79 Å². The first-order valence-corrected chi connectivity index (χ1v) is 6.58. The number of anilines is 1. The van der Waals surface area contributed by atoms with Gasteiger partial charge >= 0.3 is 0 Å². The van der Waals surface area contributed by atoms with Crippen LogP contribution in [-0.4, -0.2) is 10.9 Å². The Morgan fingerprint density at radius 1 is 1.19 bits per heavy atom. The average Bonchev–Trinajstić information content (AvgIpc) is 2.95. The van der Waals surface area contributed by atoms with E-state index in [1.807, 2.05) is 37.3 Å². The van der Waals surface area contributed by atoms with Crippen molar-refractivity contribution in [1.29, 1.82) is 5.26 Å². The fraction of sp³-hybridized carbons (Fsp3) is 0.0588. The van der Waals surface area contributed by atoms with Crippen LogP contribution in [0.4, 0.5) is 5.69 Å². The maximum absolute atomic E-state index is 12.5. The second-order valence-corrected chi connectivity index (χ2v) is 4.81. The molecule has 102 valence electrons. The molecule has 0 bridgehead atoms. The Balaban J connectivity index is 2.00. The number of aromatic nitrogens is 1. The Morgan fingerprint density at radius 3 is 2.81 bits per heavy atom. The van der Waals surface area contributed by atoms with Crippen molar-refractivity contribution >= 4 is 22.5 Å². The van der Waals surface area contributed by atoms with Gasteiger partial charge in [0.25, 0.3) is 5.91 Å². The molecule has 0 saturated heterocycles. The van der Waals surface area contributed by atoms with Crippen LogP contribution in [0, 0.1) is 18.3 Å². The molecule has 3 rings (SSSR count). The number of H-pyrrole nitrogens is 1. The summed E-state index contributed by atoms with van der Waals surface area (Å²) >= 11 is 0. The van der Waals surface area contributed by atoms with Gasteiger partial charge in [-0.05, 0) is 36.8 Å². The number of nitrogens with one attached hydrogen (secondary N) is 2. The Kier molecular flexibility index (Phi) is 3.17. The van der Waals surface area contributed by atoms with E-state index in [4.69, 9.17) is 0 Å². The number of nitrogens with zero attached hydrogens (tertiary/aromatic N) is 1. The van der Waals surface area contributed by atoms with Gasteiger partial charge in [0.05, 0.1) is 11.3 Å². The second-order valence-electron chi connectivity index (χ2n) is 4.81. The van der Waals surface area contributed by atoms with E-state index in [2.05, 4.69) is 16.4 Å². The van der Waals surface area contributed by atoms with Crippen molar-refractivity contribution in [3.8, 4) is 6.07 Å². The monoisotopic (exact) mass is 275 g/mol. The van der Waals surface area contributed by atoms with Gasteiger partial charge in [-0.25, -0.2) is 0 Å². The summed E-state index contributed by atoms with van der Waals surface area (Å²) < 4.78 is 0. The third-order valence-electron chi connectivity index (χ3n) is 3.47. The summed E-state index contributed by atoms with van der Waals surface area (Å²) in [7, 11) is 0. The number of benzene rings is 2. The van der Waals surface area contributed by atoms with E-state index >= 15 is 0 Å². The van der Waals surface area contributed by atoms with Crippen LogP contribution in [0.15, 0.2) is 48.7 Å². The number of aryl methyl sites for hydroxylation is 1. The van der Waals surface area contributed by atoms with Gasteiger partial charge in [0.2, 0.25) is 0 Å². The minimum atomic E-state index is -0.220. The Hall–Kier alpha value is -3.06. The van der Waals surface area contributed by atoms with Crippen LogP contribution in [0.25, 0.3) is 10.9 Å². The molecule has 4 heteroatoms. The topological polar surface area (TPSA) is 68.7 Å². The lowest BCUT2D eigenvalue weighted by Crippen LogP contribution is -2.13. The van der Waals surface area contributed by atoms with Gasteiger partial charge in [-0.2, -0.15) is 5.26 Å². The van der Waals surface area contributed by atoms with Crippen molar-refractivity contribution in [2.24, 2.45) is 0 Å². The predicted octanol–water partition coefficient (Wildman–Crippen LogP) is 3.60. The highest BCUT2D eigenvalue weighted by molar-refractivity contribution is 6.12. The highest BCUT2D eigenvalue weighted by atomic mass is 16.1. The number of aromatic amines is 1. The summed E-state index contributed by atoms with van der Waals surface area (Å²) in [6.45, 7) is 1.85. The molecule has 2 aromatic carbocycles. The fourth-order valence-corrected chi connectivity index (χ4v) is 2.39. The minimum absolute atomic E-state index is 0.220. The fourth-order valence-electron chi connectivity index (χ4n) is 2.39. The number of carbonyl (C=O) groups excluding carboxylic acids is 1. The van der Waals surface area contributed by atoms with Crippen LogP contribution in [0.2, 0.25) is 0 Å². The second kappa shape index (κ2) is 5.14. The number of hydrogen-bond donors (Lipinski definition) is 2. The normalized spacial score (nSPS) is 10.3. The van der Waals surface area contributed by atoms with Crippen LogP contribution in [0.5, 0.6) is 0 Å². The summed E-state index contributed by atoms with van der Waals surface area (Å²) in [6.07, 6.45) is 1.80. The molecule has 0 spiro atoms. The molecule has 0 aliphatic heterocycles. The van der Waals surface area contributed by atoms with E-state index in [-0.39, 0.29) is 5.91 Å². The third-order valence-corrected chi connectivity index (χ3v) is 3.47. The first kappa shape index (κ1) is 12.9. The van der Waals surface area contributed by atoms with Crippen molar-refractivity contribution in [2.45, 2.75) is 6.92 Å². The maximum Gasteiger partial charge on any atom is 0.256 e. The van der Waals surface area contributed by atoms with Crippen LogP contribution in [0.1, 0.15) is 21.5 Å². The summed E-state index contributed by atoms with van der Waals surface area (Å²) in [4.78, 5) is 15.5. The standard InChI is InChI=1S/C17H13N3O/c1-11-4-2-7-16(14(11)10-18)20-17(21)13-5-3-6-15-12(13)8-9-19-15/h2-9,19H,1H3,(H,20,21). The molecule has 1 amide bonds. The zero-order valence-corrected chi connectivity index (χ0v) is 11.5. The van der Waals surface area contributed by atoms with Crippen LogP contribution in [-0.2, 0) is 0 Å². The molecule has 0 unspecified atom stereocenters. The number of fused-ring (bicyclic) bond motifs is 1. The Labute approximate surface area is 122 Å². The zero-order chi connectivity index (χ0) is 14.8. The summed E-state index contributed by atoms with van der Waals surface area (Å²) in [5, 5.41) is 12.9. The van der Waals surface area contributed by atoms with Crippen molar-refractivity contribution in [1.82, 2.24) is 4.98 Å². The summed E-state index contributed by atoms with van der Waals surface area (Å²) in [5.41, 5.74) is 3.36. The maximum atomic E-state index is 12.5. The molecule has 0 radical (unpaired) electrons. The minimum Gasteiger partial charge on any atom is -0.361 e. The van der Waals surface area contributed by atoms with E-state index in [1.54, 1.807) is 18.3 Å². The van der Waals surface area contributed by atoms with Gasteiger partial charge in [-0.15, -0.1) is 0 Å².